The minimum atomic E-state index is -0.900. The summed E-state index contributed by atoms with van der Waals surface area (Å²) in [6.07, 6.45) is -0.0307. The number of carboxylic acid groups (broad SMARTS) is 1. The van der Waals surface area contributed by atoms with Crippen LogP contribution in [0.2, 0.25) is 0 Å². The number of carboxylic acids is 1. The molecule has 1 atom stereocenters. The fourth-order valence-electron chi connectivity index (χ4n) is 2.48. The van der Waals surface area contributed by atoms with Crippen LogP contribution in [-0.2, 0) is 4.79 Å². The summed E-state index contributed by atoms with van der Waals surface area (Å²) in [6, 6.07) is 6.45. The molecule has 6 heteroatoms. The van der Waals surface area contributed by atoms with Crippen LogP contribution in [0, 0.1) is 0 Å². The van der Waals surface area contributed by atoms with E-state index in [0.717, 1.165) is 0 Å². The van der Waals surface area contributed by atoms with E-state index >= 15 is 0 Å². The van der Waals surface area contributed by atoms with Crippen LogP contribution in [0.1, 0.15) is 41.0 Å². The number of carbonyl (C=O) groups is 3. The van der Waals surface area contributed by atoms with E-state index < -0.39 is 5.97 Å². The highest BCUT2D eigenvalue weighted by molar-refractivity contribution is 6.21. The molecule has 0 aromatic heterocycles. The molecule has 0 bridgehead atoms. The number of hydrogen-bond acceptors (Lipinski definition) is 4. The Balaban J connectivity index is 2.15. The zero-order valence-electron chi connectivity index (χ0n) is 12.1. The lowest BCUT2D eigenvalue weighted by molar-refractivity contribution is -0.138. The van der Waals surface area contributed by atoms with Gasteiger partial charge in [-0.25, -0.2) is 0 Å². The van der Waals surface area contributed by atoms with Crippen molar-refractivity contribution in [1.29, 1.82) is 0 Å². The largest absolute Gasteiger partial charge is 0.481 e. The zero-order valence-corrected chi connectivity index (χ0v) is 12.1. The van der Waals surface area contributed by atoms with Crippen LogP contribution < -0.4 is 0 Å². The zero-order chi connectivity index (χ0) is 15.6. The van der Waals surface area contributed by atoms with Crippen LogP contribution in [0.4, 0.5) is 0 Å². The van der Waals surface area contributed by atoms with Crippen molar-refractivity contribution < 1.29 is 19.5 Å². The fourth-order valence-corrected chi connectivity index (χ4v) is 2.48. The summed E-state index contributed by atoms with van der Waals surface area (Å²) >= 11 is 0. The molecule has 1 unspecified atom stereocenters. The van der Waals surface area contributed by atoms with Gasteiger partial charge in [-0.1, -0.05) is 19.1 Å². The number of nitrogens with zero attached hydrogens (tertiary/aromatic N) is 2. The molecule has 1 aliphatic rings. The Morgan fingerprint density at radius 3 is 2.19 bits per heavy atom. The SMILES string of the molecule is CCN(CN1C(=O)c2ccccc2C1=O)C(C)CC(=O)O. The smallest absolute Gasteiger partial charge is 0.304 e. The monoisotopic (exact) mass is 290 g/mol. The second-order valence-electron chi connectivity index (χ2n) is 5.08. The van der Waals surface area contributed by atoms with E-state index in [4.69, 9.17) is 5.11 Å². The maximum absolute atomic E-state index is 12.3. The van der Waals surface area contributed by atoms with Crippen molar-refractivity contribution >= 4 is 17.8 Å². The Kier molecular flexibility index (Phi) is 4.37. The first-order valence-corrected chi connectivity index (χ1v) is 6.86. The van der Waals surface area contributed by atoms with Crippen molar-refractivity contribution in [3.8, 4) is 0 Å². The molecule has 21 heavy (non-hydrogen) atoms. The van der Waals surface area contributed by atoms with Gasteiger partial charge < -0.3 is 5.11 Å². The highest BCUT2D eigenvalue weighted by atomic mass is 16.4. The lowest BCUT2D eigenvalue weighted by Gasteiger charge is -2.30. The first-order chi connectivity index (χ1) is 9.95. The molecule has 0 saturated heterocycles. The number of aliphatic carboxylic acids is 1. The van der Waals surface area contributed by atoms with Gasteiger partial charge >= 0.3 is 5.97 Å². The summed E-state index contributed by atoms with van der Waals surface area (Å²) in [6.45, 7) is 4.31. The van der Waals surface area contributed by atoms with Crippen molar-refractivity contribution in [1.82, 2.24) is 9.80 Å². The van der Waals surface area contributed by atoms with Crippen LogP contribution >= 0.6 is 0 Å². The van der Waals surface area contributed by atoms with Gasteiger partial charge in [-0.15, -0.1) is 0 Å². The molecule has 2 rings (SSSR count). The third-order valence-corrected chi connectivity index (χ3v) is 3.70. The first kappa shape index (κ1) is 15.2. The average molecular weight is 290 g/mol. The Labute approximate surface area is 123 Å². The number of fused-ring (bicyclic) bond motifs is 1. The summed E-state index contributed by atoms with van der Waals surface area (Å²) < 4.78 is 0. The molecule has 1 N–H and O–H groups in total. The summed E-state index contributed by atoms with van der Waals surface area (Å²) in [5.74, 6) is -1.54. The number of hydrogen-bond donors (Lipinski definition) is 1. The van der Waals surface area contributed by atoms with Crippen LogP contribution in [-0.4, -0.2) is 51.9 Å². The molecule has 2 amide bonds. The van der Waals surface area contributed by atoms with Crippen molar-refractivity contribution in [3.05, 3.63) is 35.4 Å². The Morgan fingerprint density at radius 2 is 1.76 bits per heavy atom. The predicted molar refractivity (Wildman–Crippen MR) is 75.9 cm³/mol. The Hall–Kier alpha value is -2.21. The second kappa shape index (κ2) is 6.05. The molecular weight excluding hydrogens is 272 g/mol. The highest BCUT2D eigenvalue weighted by Crippen LogP contribution is 2.23. The van der Waals surface area contributed by atoms with Gasteiger partial charge in [0, 0.05) is 6.04 Å². The van der Waals surface area contributed by atoms with Gasteiger partial charge in [0.05, 0.1) is 24.2 Å². The molecule has 0 spiro atoms. The Bertz CT molecular complexity index is 550. The molecule has 1 aromatic rings. The lowest BCUT2D eigenvalue weighted by Crippen LogP contribution is -2.45. The number of imide groups is 1. The van der Waals surface area contributed by atoms with Gasteiger partial charge in [0.15, 0.2) is 0 Å². The molecule has 0 saturated carbocycles. The molecule has 6 nitrogen and oxygen atoms in total. The predicted octanol–water partition coefficient (Wildman–Crippen LogP) is 1.43. The number of amides is 2. The third kappa shape index (κ3) is 2.95. The summed E-state index contributed by atoms with van der Waals surface area (Å²) in [7, 11) is 0. The van der Waals surface area contributed by atoms with Crippen molar-refractivity contribution in [2.75, 3.05) is 13.2 Å². The maximum atomic E-state index is 12.3. The summed E-state index contributed by atoms with van der Waals surface area (Å²) in [5.41, 5.74) is 0.814. The molecule has 0 aliphatic carbocycles. The first-order valence-electron chi connectivity index (χ1n) is 6.86. The van der Waals surface area contributed by atoms with Crippen molar-refractivity contribution in [2.24, 2.45) is 0 Å². The summed E-state index contributed by atoms with van der Waals surface area (Å²) in [5, 5.41) is 8.86. The van der Waals surface area contributed by atoms with Crippen LogP contribution in [0.25, 0.3) is 0 Å². The van der Waals surface area contributed by atoms with Gasteiger partial charge in [0.2, 0.25) is 0 Å². The molecule has 1 aromatic carbocycles. The highest BCUT2D eigenvalue weighted by Gasteiger charge is 2.36. The molecule has 1 aliphatic heterocycles. The van der Waals surface area contributed by atoms with E-state index in [9.17, 15) is 14.4 Å². The second-order valence-corrected chi connectivity index (χ2v) is 5.08. The van der Waals surface area contributed by atoms with E-state index in [1.165, 1.54) is 4.90 Å². The van der Waals surface area contributed by atoms with E-state index in [-0.39, 0.29) is 30.9 Å². The number of rotatable bonds is 6. The van der Waals surface area contributed by atoms with Gasteiger partial charge in [0.1, 0.15) is 0 Å². The molecular formula is C15H18N2O4. The topological polar surface area (TPSA) is 77.9 Å². The van der Waals surface area contributed by atoms with Gasteiger partial charge in [-0.2, -0.15) is 0 Å². The van der Waals surface area contributed by atoms with Crippen LogP contribution in [0.15, 0.2) is 24.3 Å². The lowest BCUT2D eigenvalue weighted by atomic mass is 10.1. The maximum Gasteiger partial charge on any atom is 0.304 e. The van der Waals surface area contributed by atoms with E-state index in [1.54, 1.807) is 36.1 Å². The fraction of sp³-hybridized carbons (Fsp3) is 0.400. The van der Waals surface area contributed by atoms with Crippen LogP contribution in [0.3, 0.4) is 0 Å². The van der Waals surface area contributed by atoms with E-state index in [2.05, 4.69) is 0 Å². The molecule has 112 valence electrons. The van der Waals surface area contributed by atoms with Crippen LogP contribution in [0.5, 0.6) is 0 Å². The number of benzene rings is 1. The standard InChI is InChI=1S/C15H18N2O4/c1-3-16(10(2)8-13(18)19)9-17-14(20)11-6-4-5-7-12(11)15(17)21/h4-7,10H,3,8-9H2,1-2H3,(H,18,19). The Morgan fingerprint density at radius 1 is 1.24 bits per heavy atom. The van der Waals surface area contributed by atoms with Crippen molar-refractivity contribution in [2.45, 2.75) is 26.3 Å². The minimum Gasteiger partial charge on any atom is -0.481 e. The normalized spacial score (nSPS) is 15.5. The number of carbonyl (C=O) groups excluding carboxylic acids is 2. The van der Waals surface area contributed by atoms with E-state index in [0.29, 0.717) is 17.7 Å². The molecule has 0 radical (unpaired) electrons. The van der Waals surface area contributed by atoms with Gasteiger partial charge in [-0.05, 0) is 25.6 Å². The van der Waals surface area contributed by atoms with Gasteiger partial charge in [0.25, 0.3) is 11.8 Å². The van der Waals surface area contributed by atoms with E-state index in [1.807, 2.05) is 6.92 Å². The molecule has 0 fully saturated rings. The minimum absolute atomic E-state index is 0.0307. The average Bonchev–Trinajstić information content (AvgIpc) is 2.68. The molecule has 1 heterocycles. The van der Waals surface area contributed by atoms with Gasteiger partial charge in [-0.3, -0.25) is 24.2 Å². The summed E-state index contributed by atoms with van der Waals surface area (Å²) in [4.78, 5) is 38.3. The quantitative estimate of drug-likeness (QED) is 0.802. The van der Waals surface area contributed by atoms with Crippen molar-refractivity contribution in [3.63, 3.8) is 0 Å². The third-order valence-electron chi connectivity index (χ3n) is 3.70.